The molecule has 1 atom stereocenters. The third kappa shape index (κ3) is 5.41. The normalized spacial score (nSPS) is 18.6. The van der Waals surface area contributed by atoms with Gasteiger partial charge in [-0.05, 0) is 43.5 Å². The molecule has 0 spiro atoms. The van der Waals surface area contributed by atoms with Gasteiger partial charge in [-0.25, -0.2) is 4.98 Å². The average molecular weight is 429 g/mol. The van der Waals surface area contributed by atoms with Gasteiger partial charge in [0.05, 0.1) is 0 Å². The van der Waals surface area contributed by atoms with Gasteiger partial charge in [0.25, 0.3) is 0 Å². The Morgan fingerprint density at radius 3 is 2.81 bits per heavy atom. The van der Waals surface area contributed by atoms with E-state index in [-0.39, 0.29) is 36.8 Å². The van der Waals surface area contributed by atoms with Crippen LogP contribution < -0.4 is 10.6 Å². The molecular formula is C19H26Cl2N4OS. The molecule has 1 saturated heterocycles. The van der Waals surface area contributed by atoms with E-state index in [0.717, 1.165) is 48.1 Å². The van der Waals surface area contributed by atoms with E-state index in [9.17, 15) is 4.79 Å². The highest BCUT2D eigenvalue weighted by molar-refractivity contribution is 7.99. The standard InChI is InChI=1S/C19H24N4OS.2ClH/c24-18(11-16-13-25-10-8-20-16)22-15-6-4-14(5-7-15)19-21-12-17-3-1-2-9-23(17)19;;/h4-7,12,16,20H,1-3,8-11,13H2,(H,22,24);2*1H. The number of imidazole rings is 1. The van der Waals surface area contributed by atoms with Crippen LogP contribution in [0, 0.1) is 0 Å². The van der Waals surface area contributed by atoms with Crippen LogP contribution in [0.2, 0.25) is 0 Å². The summed E-state index contributed by atoms with van der Waals surface area (Å²) < 4.78 is 2.32. The van der Waals surface area contributed by atoms with E-state index in [1.807, 2.05) is 30.1 Å². The first kappa shape index (κ1) is 22.1. The number of carbonyl (C=O) groups excluding carboxylic acids is 1. The molecule has 1 aromatic carbocycles. The molecule has 0 aliphatic carbocycles. The zero-order chi connectivity index (χ0) is 17.1. The number of hydrogen-bond donors (Lipinski definition) is 2. The Bertz CT molecular complexity index is 745. The molecule has 2 aliphatic heterocycles. The molecule has 8 heteroatoms. The molecule has 4 rings (SSSR count). The summed E-state index contributed by atoms with van der Waals surface area (Å²) in [5, 5.41) is 6.41. The van der Waals surface area contributed by atoms with Crippen LogP contribution in [0.1, 0.15) is 25.0 Å². The van der Waals surface area contributed by atoms with Crippen LogP contribution in [0.4, 0.5) is 5.69 Å². The average Bonchev–Trinajstić information content (AvgIpc) is 3.07. The molecule has 2 aliphatic rings. The Hall–Kier alpha value is -1.21. The summed E-state index contributed by atoms with van der Waals surface area (Å²) >= 11 is 1.91. The van der Waals surface area contributed by atoms with Gasteiger partial charge in [-0.2, -0.15) is 11.8 Å². The number of halogens is 2. The van der Waals surface area contributed by atoms with E-state index in [4.69, 9.17) is 0 Å². The van der Waals surface area contributed by atoms with Gasteiger partial charge in [-0.1, -0.05) is 0 Å². The Morgan fingerprint density at radius 2 is 2.07 bits per heavy atom. The first-order valence-electron chi connectivity index (χ1n) is 9.05. The lowest BCUT2D eigenvalue weighted by atomic mass is 10.1. The minimum atomic E-state index is 0. The molecule has 2 aromatic rings. The number of aryl methyl sites for hydroxylation is 1. The molecular weight excluding hydrogens is 403 g/mol. The second-order valence-electron chi connectivity index (χ2n) is 6.74. The number of fused-ring (bicyclic) bond motifs is 1. The topological polar surface area (TPSA) is 59.0 Å². The molecule has 0 saturated carbocycles. The number of carbonyl (C=O) groups is 1. The molecule has 1 fully saturated rings. The van der Waals surface area contributed by atoms with Crippen molar-refractivity contribution < 1.29 is 4.79 Å². The molecule has 27 heavy (non-hydrogen) atoms. The fourth-order valence-electron chi connectivity index (χ4n) is 3.56. The van der Waals surface area contributed by atoms with Gasteiger partial charge >= 0.3 is 0 Å². The first-order chi connectivity index (χ1) is 12.3. The van der Waals surface area contributed by atoms with Gasteiger partial charge in [0.1, 0.15) is 5.82 Å². The van der Waals surface area contributed by atoms with E-state index < -0.39 is 0 Å². The van der Waals surface area contributed by atoms with Crippen molar-refractivity contribution in [3.63, 3.8) is 0 Å². The number of amides is 1. The van der Waals surface area contributed by atoms with Crippen molar-refractivity contribution in [1.82, 2.24) is 14.9 Å². The van der Waals surface area contributed by atoms with E-state index in [0.29, 0.717) is 6.42 Å². The van der Waals surface area contributed by atoms with Crippen LogP contribution in [0.25, 0.3) is 11.4 Å². The number of hydrogen-bond acceptors (Lipinski definition) is 4. The summed E-state index contributed by atoms with van der Waals surface area (Å²) in [6.07, 6.45) is 6.12. The van der Waals surface area contributed by atoms with Crippen LogP contribution in [-0.4, -0.2) is 39.6 Å². The molecule has 5 nitrogen and oxygen atoms in total. The highest BCUT2D eigenvalue weighted by Crippen LogP contribution is 2.25. The van der Waals surface area contributed by atoms with Gasteiger partial charge in [0.2, 0.25) is 5.91 Å². The summed E-state index contributed by atoms with van der Waals surface area (Å²) in [4.78, 5) is 16.8. The van der Waals surface area contributed by atoms with Gasteiger partial charge in [-0.15, -0.1) is 24.8 Å². The zero-order valence-corrected chi connectivity index (χ0v) is 17.6. The second-order valence-corrected chi connectivity index (χ2v) is 7.89. The number of benzene rings is 1. The van der Waals surface area contributed by atoms with Crippen molar-refractivity contribution in [2.24, 2.45) is 0 Å². The lowest BCUT2D eigenvalue weighted by Crippen LogP contribution is -2.39. The lowest BCUT2D eigenvalue weighted by Gasteiger charge is -2.22. The summed E-state index contributed by atoms with van der Waals surface area (Å²) in [5.74, 6) is 3.26. The van der Waals surface area contributed by atoms with Crippen LogP contribution in [0.5, 0.6) is 0 Å². The predicted octanol–water partition coefficient (Wildman–Crippen LogP) is 3.76. The van der Waals surface area contributed by atoms with Crippen molar-refractivity contribution in [3.8, 4) is 11.4 Å². The van der Waals surface area contributed by atoms with Crippen LogP contribution >= 0.6 is 36.6 Å². The third-order valence-corrected chi connectivity index (χ3v) is 5.99. The summed E-state index contributed by atoms with van der Waals surface area (Å²) in [5.41, 5.74) is 3.29. The molecule has 0 bridgehead atoms. The van der Waals surface area contributed by atoms with Crippen molar-refractivity contribution in [2.75, 3.05) is 23.4 Å². The molecule has 0 radical (unpaired) electrons. The van der Waals surface area contributed by atoms with Crippen LogP contribution in [0.3, 0.4) is 0 Å². The second kappa shape index (κ2) is 10.4. The third-order valence-electron chi connectivity index (χ3n) is 4.86. The van der Waals surface area contributed by atoms with Crippen LogP contribution in [-0.2, 0) is 17.8 Å². The minimum absolute atomic E-state index is 0. The maximum Gasteiger partial charge on any atom is 0.225 e. The van der Waals surface area contributed by atoms with Gasteiger partial charge in [0.15, 0.2) is 0 Å². The van der Waals surface area contributed by atoms with Gasteiger partial charge < -0.3 is 15.2 Å². The van der Waals surface area contributed by atoms with Crippen LogP contribution in [0.15, 0.2) is 30.5 Å². The van der Waals surface area contributed by atoms with Crippen molar-refractivity contribution in [1.29, 1.82) is 0 Å². The number of nitrogens with zero attached hydrogens (tertiary/aromatic N) is 2. The largest absolute Gasteiger partial charge is 0.328 e. The molecule has 1 amide bonds. The number of thioether (sulfide) groups is 1. The number of aromatic nitrogens is 2. The number of nitrogens with one attached hydrogen (secondary N) is 2. The van der Waals surface area contributed by atoms with Crippen molar-refractivity contribution in [3.05, 3.63) is 36.2 Å². The Balaban J connectivity index is 0.00000131. The highest BCUT2D eigenvalue weighted by atomic mass is 35.5. The zero-order valence-electron chi connectivity index (χ0n) is 15.1. The van der Waals surface area contributed by atoms with Gasteiger partial charge in [-0.3, -0.25) is 4.79 Å². The van der Waals surface area contributed by atoms with E-state index in [2.05, 4.69) is 32.3 Å². The Kier molecular flexibility index (Phi) is 8.48. The van der Waals surface area contributed by atoms with Crippen molar-refractivity contribution in [2.45, 2.75) is 38.3 Å². The quantitative estimate of drug-likeness (QED) is 0.777. The van der Waals surface area contributed by atoms with E-state index in [1.54, 1.807) is 0 Å². The maximum atomic E-state index is 12.2. The molecule has 3 heterocycles. The smallest absolute Gasteiger partial charge is 0.225 e. The van der Waals surface area contributed by atoms with E-state index in [1.165, 1.54) is 18.5 Å². The SMILES string of the molecule is Cl.Cl.O=C(CC1CSCCN1)Nc1ccc(-c2ncc3n2CCCC3)cc1. The first-order valence-corrected chi connectivity index (χ1v) is 10.2. The molecule has 1 unspecified atom stereocenters. The lowest BCUT2D eigenvalue weighted by molar-refractivity contribution is -0.116. The molecule has 148 valence electrons. The summed E-state index contributed by atoms with van der Waals surface area (Å²) in [7, 11) is 0. The van der Waals surface area contributed by atoms with Gasteiger partial charge in [0, 0.05) is 60.2 Å². The molecule has 2 N–H and O–H groups in total. The fraction of sp³-hybridized carbons (Fsp3) is 0.474. The Morgan fingerprint density at radius 1 is 1.26 bits per heavy atom. The fourth-order valence-corrected chi connectivity index (χ4v) is 4.50. The minimum Gasteiger partial charge on any atom is -0.328 e. The highest BCUT2D eigenvalue weighted by Gasteiger charge is 2.17. The number of rotatable bonds is 4. The monoisotopic (exact) mass is 428 g/mol. The summed E-state index contributed by atoms with van der Waals surface area (Å²) in [6, 6.07) is 8.33. The predicted molar refractivity (Wildman–Crippen MR) is 117 cm³/mol. The summed E-state index contributed by atoms with van der Waals surface area (Å²) in [6.45, 7) is 2.04. The van der Waals surface area contributed by atoms with E-state index >= 15 is 0 Å². The Labute approximate surface area is 176 Å². The van der Waals surface area contributed by atoms with Crippen molar-refractivity contribution >= 4 is 48.2 Å². The number of anilines is 1. The molecule has 1 aromatic heterocycles. The maximum absolute atomic E-state index is 12.2.